The second kappa shape index (κ2) is 9.86. The molecule has 1 aliphatic rings. The van der Waals surface area contributed by atoms with Crippen molar-refractivity contribution in [2.45, 2.75) is 45.3 Å². The molecular weight excluding hydrogens is 401 g/mol. The van der Waals surface area contributed by atoms with E-state index in [0.29, 0.717) is 18.7 Å². The largest absolute Gasteiger partial charge is 0.444 e. The van der Waals surface area contributed by atoms with E-state index < -0.39 is 21.8 Å². The van der Waals surface area contributed by atoms with Gasteiger partial charge in [-0.05, 0) is 51.3 Å². The van der Waals surface area contributed by atoms with Crippen LogP contribution in [0.3, 0.4) is 0 Å². The number of halogens is 1. The van der Waals surface area contributed by atoms with Gasteiger partial charge in [-0.3, -0.25) is 4.18 Å². The van der Waals surface area contributed by atoms with E-state index in [1.807, 2.05) is 20.8 Å². The number of nitrogens with zero attached hydrogens (tertiary/aromatic N) is 1. The standard InChI is InChI=1S/C20H30FNO6S/c1-20(2,3)28-19(23)22-10-6-8-16(14-22)18(15-7-5-9-17(21)13-15)26-11-12-27-29(4,24)25/h5,7,9,13,16,18H,6,8,10-12,14H2,1-4H3/t16-,18+/m1/s1. The van der Waals surface area contributed by atoms with Crippen LogP contribution in [0.15, 0.2) is 24.3 Å². The molecule has 0 aliphatic carbocycles. The van der Waals surface area contributed by atoms with E-state index in [4.69, 9.17) is 13.7 Å². The minimum Gasteiger partial charge on any atom is -0.444 e. The van der Waals surface area contributed by atoms with Crippen molar-refractivity contribution in [3.63, 3.8) is 0 Å². The molecule has 1 fully saturated rings. The van der Waals surface area contributed by atoms with E-state index >= 15 is 0 Å². The van der Waals surface area contributed by atoms with Crippen LogP contribution in [0.4, 0.5) is 9.18 Å². The molecule has 0 radical (unpaired) electrons. The second-order valence-electron chi connectivity index (χ2n) is 8.20. The fourth-order valence-corrected chi connectivity index (χ4v) is 3.67. The minimum absolute atomic E-state index is 0.0250. The maximum absolute atomic E-state index is 13.8. The Morgan fingerprint density at radius 3 is 2.66 bits per heavy atom. The quantitative estimate of drug-likeness (QED) is 0.485. The van der Waals surface area contributed by atoms with Crippen LogP contribution in [-0.4, -0.2) is 57.6 Å². The molecule has 7 nitrogen and oxygen atoms in total. The van der Waals surface area contributed by atoms with Crippen LogP contribution in [0.1, 0.15) is 45.3 Å². The molecule has 29 heavy (non-hydrogen) atoms. The van der Waals surface area contributed by atoms with Crippen LogP contribution >= 0.6 is 0 Å². The number of hydrogen-bond acceptors (Lipinski definition) is 6. The monoisotopic (exact) mass is 431 g/mol. The molecule has 0 saturated carbocycles. The van der Waals surface area contributed by atoms with E-state index in [-0.39, 0.29) is 31.0 Å². The third kappa shape index (κ3) is 8.28. The summed E-state index contributed by atoms with van der Waals surface area (Å²) in [4.78, 5) is 14.1. The van der Waals surface area contributed by atoms with Crippen LogP contribution in [-0.2, 0) is 23.8 Å². The van der Waals surface area contributed by atoms with Gasteiger partial charge in [-0.15, -0.1) is 0 Å². The molecule has 1 amide bonds. The summed E-state index contributed by atoms with van der Waals surface area (Å²) < 4.78 is 52.2. The fraction of sp³-hybridized carbons (Fsp3) is 0.650. The molecule has 0 spiro atoms. The topological polar surface area (TPSA) is 82.1 Å². The summed E-state index contributed by atoms with van der Waals surface area (Å²) >= 11 is 0. The van der Waals surface area contributed by atoms with Gasteiger partial charge in [-0.2, -0.15) is 8.42 Å². The molecule has 1 aromatic carbocycles. The molecule has 1 heterocycles. The first-order chi connectivity index (χ1) is 13.4. The van der Waals surface area contributed by atoms with Gasteiger partial charge in [0, 0.05) is 19.0 Å². The van der Waals surface area contributed by atoms with Crippen molar-refractivity contribution < 1.29 is 31.3 Å². The van der Waals surface area contributed by atoms with Gasteiger partial charge in [0.1, 0.15) is 11.4 Å². The van der Waals surface area contributed by atoms with E-state index in [1.165, 1.54) is 12.1 Å². The van der Waals surface area contributed by atoms with E-state index in [9.17, 15) is 17.6 Å². The number of carbonyl (C=O) groups excluding carboxylic acids is 1. The maximum Gasteiger partial charge on any atom is 0.410 e. The number of hydrogen-bond donors (Lipinski definition) is 0. The first-order valence-corrected chi connectivity index (χ1v) is 11.5. The van der Waals surface area contributed by atoms with Crippen LogP contribution in [0.2, 0.25) is 0 Å². The van der Waals surface area contributed by atoms with E-state index in [0.717, 1.165) is 19.1 Å². The molecule has 9 heteroatoms. The number of carbonyl (C=O) groups is 1. The highest BCUT2D eigenvalue weighted by Gasteiger charge is 2.33. The van der Waals surface area contributed by atoms with E-state index in [1.54, 1.807) is 17.0 Å². The molecule has 1 saturated heterocycles. The van der Waals surface area contributed by atoms with Gasteiger partial charge in [0.15, 0.2) is 0 Å². The summed E-state index contributed by atoms with van der Waals surface area (Å²) in [6.45, 7) is 6.32. The summed E-state index contributed by atoms with van der Waals surface area (Å²) in [7, 11) is -3.57. The molecule has 0 bridgehead atoms. The molecular formula is C20H30FNO6S. The highest BCUT2D eigenvalue weighted by Crippen LogP contribution is 2.33. The molecule has 1 aliphatic heterocycles. The predicted octanol–water partition coefficient (Wildman–Crippen LogP) is 3.51. The lowest BCUT2D eigenvalue weighted by atomic mass is 9.88. The Balaban J connectivity index is 2.11. The van der Waals surface area contributed by atoms with Crippen molar-refractivity contribution in [3.05, 3.63) is 35.6 Å². The molecule has 164 valence electrons. The lowest BCUT2D eigenvalue weighted by Gasteiger charge is -2.37. The normalized spacial score (nSPS) is 19.1. The Labute approximate surface area is 172 Å². The Morgan fingerprint density at radius 1 is 1.31 bits per heavy atom. The lowest BCUT2D eigenvalue weighted by molar-refractivity contribution is -0.0323. The van der Waals surface area contributed by atoms with Crippen LogP contribution < -0.4 is 0 Å². The number of benzene rings is 1. The van der Waals surface area contributed by atoms with Crippen molar-refractivity contribution in [3.8, 4) is 0 Å². The van der Waals surface area contributed by atoms with Crippen molar-refractivity contribution in [2.75, 3.05) is 32.6 Å². The SMILES string of the molecule is CC(C)(C)OC(=O)N1CCC[C@@H]([C@@H](OCCOS(C)(=O)=O)c2cccc(F)c2)C1. The smallest absolute Gasteiger partial charge is 0.410 e. The summed E-state index contributed by atoms with van der Waals surface area (Å²) in [6.07, 6.45) is 1.63. The van der Waals surface area contributed by atoms with Crippen LogP contribution in [0.25, 0.3) is 0 Å². The highest BCUT2D eigenvalue weighted by molar-refractivity contribution is 7.85. The Kier molecular flexibility index (Phi) is 8.02. The summed E-state index contributed by atoms with van der Waals surface area (Å²) in [5.41, 5.74) is 0.0475. The zero-order valence-electron chi connectivity index (χ0n) is 17.4. The number of likely N-dealkylation sites (tertiary alicyclic amines) is 1. The average Bonchev–Trinajstić information content (AvgIpc) is 2.59. The van der Waals surface area contributed by atoms with Gasteiger partial charge < -0.3 is 14.4 Å². The first kappa shape index (κ1) is 23.6. The number of ether oxygens (including phenoxy) is 2. The second-order valence-corrected chi connectivity index (χ2v) is 9.85. The Bertz CT molecular complexity index is 792. The minimum atomic E-state index is -3.57. The van der Waals surface area contributed by atoms with Crippen LogP contribution in [0, 0.1) is 11.7 Å². The van der Waals surface area contributed by atoms with Crippen molar-refractivity contribution >= 4 is 16.2 Å². The zero-order valence-corrected chi connectivity index (χ0v) is 18.2. The molecule has 2 atom stereocenters. The zero-order chi connectivity index (χ0) is 21.7. The van der Waals surface area contributed by atoms with Gasteiger partial charge in [0.2, 0.25) is 0 Å². The van der Waals surface area contributed by atoms with E-state index in [2.05, 4.69) is 0 Å². The highest BCUT2D eigenvalue weighted by atomic mass is 32.2. The van der Waals surface area contributed by atoms with Gasteiger partial charge in [-0.25, -0.2) is 9.18 Å². The molecule has 0 unspecified atom stereocenters. The fourth-order valence-electron chi connectivity index (χ4n) is 3.30. The third-order valence-electron chi connectivity index (χ3n) is 4.39. The average molecular weight is 432 g/mol. The van der Waals surface area contributed by atoms with Crippen molar-refractivity contribution in [1.82, 2.24) is 4.90 Å². The lowest BCUT2D eigenvalue weighted by Crippen LogP contribution is -2.44. The van der Waals surface area contributed by atoms with Crippen molar-refractivity contribution in [2.24, 2.45) is 5.92 Å². The van der Waals surface area contributed by atoms with Gasteiger partial charge in [0.25, 0.3) is 10.1 Å². The molecule has 0 N–H and O–H groups in total. The maximum atomic E-state index is 13.8. The predicted molar refractivity (Wildman–Crippen MR) is 106 cm³/mol. The summed E-state index contributed by atoms with van der Waals surface area (Å²) in [5, 5.41) is 0. The van der Waals surface area contributed by atoms with Gasteiger partial charge in [-0.1, -0.05) is 12.1 Å². The van der Waals surface area contributed by atoms with Crippen molar-refractivity contribution in [1.29, 1.82) is 0 Å². The Hall–Kier alpha value is -1.71. The molecule has 2 rings (SSSR count). The van der Waals surface area contributed by atoms with Gasteiger partial charge in [0.05, 0.1) is 25.6 Å². The number of rotatable bonds is 7. The Morgan fingerprint density at radius 2 is 2.03 bits per heavy atom. The number of amides is 1. The molecule has 1 aromatic rings. The number of piperidine rings is 1. The summed E-state index contributed by atoms with van der Waals surface area (Å²) in [6, 6.07) is 6.11. The first-order valence-electron chi connectivity index (χ1n) is 9.64. The van der Waals surface area contributed by atoms with Gasteiger partial charge >= 0.3 is 6.09 Å². The third-order valence-corrected chi connectivity index (χ3v) is 4.99. The van der Waals surface area contributed by atoms with Crippen LogP contribution in [0.5, 0.6) is 0 Å². The summed E-state index contributed by atoms with van der Waals surface area (Å²) in [5.74, 6) is -0.473. The molecule has 0 aromatic heterocycles.